The van der Waals surface area contributed by atoms with Crippen molar-refractivity contribution in [2.45, 2.75) is 49.9 Å². The summed E-state index contributed by atoms with van der Waals surface area (Å²) in [7, 11) is 0. The number of carbonyl (C=O) groups is 3. The Labute approximate surface area is 209 Å². The first kappa shape index (κ1) is 23.7. The average Bonchev–Trinajstić information content (AvgIpc) is 3.37. The van der Waals surface area contributed by atoms with E-state index in [2.05, 4.69) is 29.6 Å². The van der Waals surface area contributed by atoms with Gasteiger partial charge in [-0.1, -0.05) is 55.0 Å². The summed E-state index contributed by atoms with van der Waals surface area (Å²) in [5, 5.41) is 12.2. The maximum Gasteiger partial charge on any atom is 0.407 e. The van der Waals surface area contributed by atoms with Crippen LogP contribution in [0.4, 0.5) is 4.79 Å². The average molecular weight is 495 g/mol. The molecule has 2 fully saturated rings. The highest BCUT2D eigenvalue weighted by molar-refractivity contribution is 8.00. The van der Waals surface area contributed by atoms with Crippen molar-refractivity contribution >= 4 is 29.7 Å². The summed E-state index contributed by atoms with van der Waals surface area (Å²) in [5.41, 5.74) is 4.34. The number of rotatable bonds is 7. The van der Waals surface area contributed by atoms with Gasteiger partial charge in [-0.25, -0.2) is 9.59 Å². The van der Waals surface area contributed by atoms with E-state index in [1.807, 2.05) is 31.2 Å². The number of nitrogens with one attached hydrogen (secondary N) is 1. The molecule has 5 rings (SSSR count). The second-order valence-electron chi connectivity index (χ2n) is 9.80. The normalized spacial score (nSPS) is 22.1. The van der Waals surface area contributed by atoms with Gasteiger partial charge >= 0.3 is 12.1 Å². The third kappa shape index (κ3) is 4.51. The Morgan fingerprint density at radius 3 is 2.29 bits per heavy atom. The first-order valence-corrected chi connectivity index (χ1v) is 13.2. The predicted molar refractivity (Wildman–Crippen MR) is 134 cm³/mol. The molecule has 2 aliphatic carbocycles. The van der Waals surface area contributed by atoms with Crippen LogP contribution in [0.3, 0.4) is 0 Å². The number of alkyl carbamates (subject to hydrolysis) is 1. The number of amides is 2. The summed E-state index contributed by atoms with van der Waals surface area (Å²) < 4.78 is 5.65. The predicted octanol–water partition coefficient (Wildman–Crippen LogP) is 4.46. The fourth-order valence-electron chi connectivity index (χ4n) is 5.63. The van der Waals surface area contributed by atoms with Crippen LogP contribution in [0.1, 0.15) is 49.7 Å². The van der Waals surface area contributed by atoms with E-state index in [0.29, 0.717) is 12.3 Å². The Bertz CT molecular complexity index is 1100. The highest BCUT2D eigenvalue weighted by atomic mass is 32.2. The number of carboxylic acids is 1. The molecule has 2 aromatic carbocycles. The summed E-state index contributed by atoms with van der Waals surface area (Å²) in [6.07, 6.45) is 2.40. The molecule has 35 heavy (non-hydrogen) atoms. The minimum atomic E-state index is -0.963. The molecule has 0 spiro atoms. The van der Waals surface area contributed by atoms with Crippen molar-refractivity contribution < 1.29 is 24.2 Å². The first-order chi connectivity index (χ1) is 16.9. The van der Waals surface area contributed by atoms with Crippen LogP contribution in [0.2, 0.25) is 0 Å². The van der Waals surface area contributed by atoms with Crippen molar-refractivity contribution in [3.8, 4) is 11.1 Å². The Kier molecular flexibility index (Phi) is 6.49. The van der Waals surface area contributed by atoms with Gasteiger partial charge in [0.2, 0.25) is 5.91 Å². The van der Waals surface area contributed by atoms with Crippen LogP contribution in [0, 0.1) is 5.41 Å². The molecule has 3 aliphatic rings. The molecule has 1 aliphatic heterocycles. The van der Waals surface area contributed by atoms with Crippen molar-refractivity contribution in [2.75, 3.05) is 18.9 Å². The van der Waals surface area contributed by atoms with Gasteiger partial charge in [-0.2, -0.15) is 0 Å². The van der Waals surface area contributed by atoms with Crippen LogP contribution in [0.5, 0.6) is 0 Å². The summed E-state index contributed by atoms with van der Waals surface area (Å²) in [6.45, 7) is 2.46. The van der Waals surface area contributed by atoms with Gasteiger partial charge < -0.3 is 20.1 Å². The molecule has 8 heteroatoms. The maximum atomic E-state index is 13.1. The number of nitrogens with zero attached hydrogens (tertiary/aromatic N) is 1. The van der Waals surface area contributed by atoms with Crippen molar-refractivity contribution in [1.29, 1.82) is 0 Å². The first-order valence-electron chi connectivity index (χ1n) is 12.1. The Morgan fingerprint density at radius 2 is 1.71 bits per heavy atom. The number of benzene rings is 2. The van der Waals surface area contributed by atoms with E-state index >= 15 is 0 Å². The fourth-order valence-corrected chi connectivity index (χ4v) is 6.81. The van der Waals surface area contributed by atoms with Crippen LogP contribution >= 0.6 is 11.8 Å². The lowest BCUT2D eigenvalue weighted by atomic mass is 9.66. The molecular formula is C27H30N2O5S. The zero-order valence-corrected chi connectivity index (χ0v) is 20.6. The summed E-state index contributed by atoms with van der Waals surface area (Å²) in [6, 6.07) is 15.6. The number of fused-ring (bicyclic) bond motifs is 3. The highest BCUT2D eigenvalue weighted by Crippen LogP contribution is 2.46. The number of carboxylic acid groups (broad SMARTS) is 1. The molecule has 2 amide bonds. The van der Waals surface area contributed by atoms with Gasteiger partial charge in [-0.3, -0.25) is 4.79 Å². The molecule has 2 aromatic rings. The van der Waals surface area contributed by atoms with Crippen LogP contribution < -0.4 is 5.32 Å². The van der Waals surface area contributed by atoms with Gasteiger partial charge in [0.25, 0.3) is 0 Å². The van der Waals surface area contributed by atoms with Crippen molar-refractivity contribution in [2.24, 2.45) is 5.41 Å². The zero-order valence-electron chi connectivity index (χ0n) is 19.7. The summed E-state index contributed by atoms with van der Waals surface area (Å²) in [4.78, 5) is 38.8. The molecule has 1 saturated heterocycles. The molecule has 1 saturated carbocycles. The summed E-state index contributed by atoms with van der Waals surface area (Å²) >= 11 is 1.48. The van der Waals surface area contributed by atoms with Crippen molar-refractivity contribution in [3.05, 3.63) is 59.7 Å². The number of aliphatic carboxylic acids is 1. The van der Waals surface area contributed by atoms with Crippen LogP contribution in [0.25, 0.3) is 11.1 Å². The number of hydrogen-bond donors (Lipinski definition) is 2. The van der Waals surface area contributed by atoms with Gasteiger partial charge in [0.1, 0.15) is 12.6 Å². The molecule has 0 aromatic heterocycles. The lowest BCUT2D eigenvalue weighted by Crippen LogP contribution is -2.50. The maximum absolute atomic E-state index is 13.1. The minimum absolute atomic E-state index is 0.00510. The Morgan fingerprint density at radius 1 is 1.09 bits per heavy atom. The van der Waals surface area contributed by atoms with Gasteiger partial charge in [0, 0.05) is 24.6 Å². The van der Waals surface area contributed by atoms with E-state index in [4.69, 9.17) is 4.74 Å². The van der Waals surface area contributed by atoms with E-state index in [-0.39, 0.29) is 35.6 Å². The molecule has 0 radical (unpaired) electrons. The lowest BCUT2D eigenvalue weighted by molar-refractivity contribution is -0.150. The van der Waals surface area contributed by atoms with Crippen molar-refractivity contribution in [3.63, 3.8) is 0 Å². The summed E-state index contributed by atoms with van der Waals surface area (Å²) in [5.74, 6) is -0.708. The van der Waals surface area contributed by atoms with Crippen LogP contribution in [0.15, 0.2) is 48.5 Å². The highest BCUT2D eigenvalue weighted by Gasteiger charge is 2.45. The zero-order chi connectivity index (χ0) is 24.6. The number of hydrogen-bond acceptors (Lipinski definition) is 5. The number of thioether (sulfide) groups is 1. The van der Waals surface area contributed by atoms with Gasteiger partial charge in [0.15, 0.2) is 0 Å². The smallest absolute Gasteiger partial charge is 0.407 e. The Balaban J connectivity index is 1.18. The van der Waals surface area contributed by atoms with E-state index in [9.17, 15) is 19.5 Å². The standard InChI is InChI=1S/C27H30N2O5S/c1-17-29(23(15-35-17)25(31)32)24(30)13-27(11-6-12-27)16-28-26(33)34-14-22-20-9-4-2-7-18(20)19-8-3-5-10-21(19)22/h2-5,7-10,17,22-23H,6,11-16H2,1H3,(H,28,33)(H,31,32). The van der Waals surface area contributed by atoms with Crippen LogP contribution in [-0.2, 0) is 14.3 Å². The number of ether oxygens (including phenoxy) is 1. The largest absolute Gasteiger partial charge is 0.480 e. The van der Waals surface area contributed by atoms with E-state index in [1.54, 1.807) is 0 Å². The fraction of sp³-hybridized carbons (Fsp3) is 0.444. The second-order valence-corrected chi connectivity index (χ2v) is 11.1. The topological polar surface area (TPSA) is 95.9 Å². The molecule has 2 atom stereocenters. The molecule has 2 N–H and O–H groups in total. The molecule has 2 unspecified atom stereocenters. The SMILES string of the molecule is CC1SCC(C(=O)O)N1C(=O)CC1(CNC(=O)OCC2c3ccccc3-c3ccccc32)CCC1. The van der Waals surface area contributed by atoms with E-state index < -0.39 is 18.1 Å². The van der Waals surface area contributed by atoms with Crippen molar-refractivity contribution in [1.82, 2.24) is 10.2 Å². The van der Waals surface area contributed by atoms with Gasteiger partial charge in [0.05, 0.1) is 5.37 Å². The molecule has 1 heterocycles. The molecule has 0 bridgehead atoms. The third-order valence-corrected chi connectivity index (χ3v) is 8.91. The quantitative estimate of drug-likeness (QED) is 0.590. The third-order valence-electron chi connectivity index (χ3n) is 7.69. The van der Waals surface area contributed by atoms with E-state index in [1.165, 1.54) is 27.8 Å². The molecule has 184 valence electrons. The number of carbonyl (C=O) groups excluding carboxylic acids is 2. The molecule has 7 nitrogen and oxygen atoms in total. The Hall–Kier alpha value is -3.00. The monoisotopic (exact) mass is 494 g/mol. The van der Waals surface area contributed by atoms with Gasteiger partial charge in [-0.15, -0.1) is 11.8 Å². The van der Waals surface area contributed by atoms with Gasteiger partial charge in [-0.05, 0) is 47.4 Å². The van der Waals surface area contributed by atoms with Crippen LogP contribution in [-0.4, -0.2) is 58.3 Å². The second kappa shape index (κ2) is 9.57. The van der Waals surface area contributed by atoms with E-state index in [0.717, 1.165) is 30.4 Å². The lowest BCUT2D eigenvalue weighted by Gasteiger charge is -2.42. The minimum Gasteiger partial charge on any atom is -0.480 e. The molecular weight excluding hydrogens is 464 g/mol.